The molecule has 0 radical (unpaired) electrons. The van der Waals surface area contributed by atoms with Gasteiger partial charge in [0.05, 0.1) is 0 Å². The molecule has 5 nitrogen and oxygen atoms in total. The van der Waals surface area contributed by atoms with E-state index in [2.05, 4.69) is 46.3 Å². The molecule has 0 aromatic heterocycles. The molecule has 0 aliphatic carbocycles. The van der Waals surface area contributed by atoms with Crippen molar-refractivity contribution in [2.24, 2.45) is 0 Å². The molecule has 27 heavy (non-hydrogen) atoms. The molecule has 1 N–H and O–H groups in total. The minimum Gasteiger partial charge on any atom is -0.484 e. The molecular weight excluding hydrogens is 338 g/mol. The summed E-state index contributed by atoms with van der Waals surface area (Å²) in [5.74, 6) is 0.691. The Morgan fingerprint density at radius 1 is 1.04 bits per heavy atom. The Hall–Kier alpha value is -2.53. The van der Waals surface area contributed by atoms with Crippen LogP contribution in [0.15, 0.2) is 48.5 Å². The molecule has 3 rings (SSSR count). The molecule has 144 valence electrons. The second kappa shape index (κ2) is 9.42. The molecule has 5 heteroatoms. The van der Waals surface area contributed by atoms with Crippen molar-refractivity contribution in [3.63, 3.8) is 0 Å². The minimum atomic E-state index is -0.0725. The standard InChI is InChI=1S/C22H29N3O2/c1-18-6-5-8-20(16-18)25-14-12-24(13-15-25)11-10-23-22(26)17-27-21-9-4-3-7-19(21)2/h3-9,16H,10-15,17H2,1-2H3,(H,23,26). The van der Waals surface area contributed by atoms with E-state index in [4.69, 9.17) is 4.74 Å². The Labute approximate surface area is 161 Å². The van der Waals surface area contributed by atoms with Crippen LogP contribution in [0.25, 0.3) is 0 Å². The summed E-state index contributed by atoms with van der Waals surface area (Å²) in [6.45, 7) is 9.77. The molecule has 1 saturated heterocycles. The van der Waals surface area contributed by atoms with Crippen LogP contribution < -0.4 is 15.0 Å². The molecule has 2 aromatic rings. The Morgan fingerprint density at radius 2 is 1.81 bits per heavy atom. The van der Waals surface area contributed by atoms with E-state index in [0.29, 0.717) is 6.54 Å². The summed E-state index contributed by atoms with van der Waals surface area (Å²) < 4.78 is 5.58. The van der Waals surface area contributed by atoms with Crippen molar-refractivity contribution >= 4 is 11.6 Å². The van der Waals surface area contributed by atoms with Crippen molar-refractivity contribution in [3.8, 4) is 5.75 Å². The largest absolute Gasteiger partial charge is 0.484 e. The molecule has 1 aliphatic rings. The molecule has 0 unspecified atom stereocenters. The molecule has 2 aromatic carbocycles. The number of carbonyl (C=O) groups excluding carboxylic acids is 1. The van der Waals surface area contributed by atoms with Gasteiger partial charge in [-0.2, -0.15) is 0 Å². The van der Waals surface area contributed by atoms with E-state index in [1.807, 2.05) is 31.2 Å². The second-order valence-corrected chi connectivity index (χ2v) is 7.07. The van der Waals surface area contributed by atoms with Gasteiger partial charge >= 0.3 is 0 Å². The lowest BCUT2D eigenvalue weighted by molar-refractivity contribution is -0.123. The zero-order chi connectivity index (χ0) is 19.1. The number of aryl methyl sites for hydroxylation is 2. The first-order chi connectivity index (χ1) is 13.1. The number of ether oxygens (including phenoxy) is 1. The number of anilines is 1. The van der Waals surface area contributed by atoms with E-state index in [1.54, 1.807) is 0 Å². The number of nitrogens with zero attached hydrogens (tertiary/aromatic N) is 2. The number of amides is 1. The summed E-state index contributed by atoms with van der Waals surface area (Å²) in [7, 11) is 0. The van der Waals surface area contributed by atoms with Crippen molar-refractivity contribution < 1.29 is 9.53 Å². The first-order valence-corrected chi connectivity index (χ1v) is 9.61. The van der Waals surface area contributed by atoms with Crippen LogP contribution in [0.5, 0.6) is 5.75 Å². The highest BCUT2D eigenvalue weighted by Crippen LogP contribution is 2.18. The van der Waals surface area contributed by atoms with Gasteiger partial charge in [0.15, 0.2) is 6.61 Å². The molecule has 0 bridgehead atoms. The van der Waals surface area contributed by atoms with Crippen molar-refractivity contribution in [1.82, 2.24) is 10.2 Å². The Bertz CT molecular complexity index is 755. The number of piperazine rings is 1. The van der Waals surface area contributed by atoms with Crippen molar-refractivity contribution in [1.29, 1.82) is 0 Å². The maximum atomic E-state index is 12.0. The van der Waals surface area contributed by atoms with Gasteiger partial charge in [0.25, 0.3) is 5.91 Å². The highest BCUT2D eigenvalue weighted by molar-refractivity contribution is 5.77. The monoisotopic (exact) mass is 367 g/mol. The molecule has 1 amide bonds. The molecule has 1 fully saturated rings. The summed E-state index contributed by atoms with van der Waals surface area (Å²) in [6, 6.07) is 16.4. The number of benzene rings is 2. The molecular formula is C22H29N3O2. The molecule has 1 aliphatic heterocycles. The van der Waals surface area contributed by atoms with Gasteiger partial charge in [0.2, 0.25) is 0 Å². The summed E-state index contributed by atoms with van der Waals surface area (Å²) in [5.41, 5.74) is 3.64. The smallest absolute Gasteiger partial charge is 0.257 e. The third-order valence-corrected chi connectivity index (χ3v) is 4.94. The average Bonchev–Trinajstić information content (AvgIpc) is 2.68. The summed E-state index contributed by atoms with van der Waals surface area (Å²) in [4.78, 5) is 16.8. The lowest BCUT2D eigenvalue weighted by Crippen LogP contribution is -2.48. The molecule has 1 heterocycles. The van der Waals surface area contributed by atoms with Gasteiger partial charge in [0.1, 0.15) is 5.75 Å². The van der Waals surface area contributed by atoms with Crippen LogP contribution in [-0.2, 0) is 4.79 Å². The third-order valence-electron chi connectivity index (χ3n) is 4.94. The summed E-state index contributed by atoms with van der Waals surface area (Å²) >= 11 is 0. The van der Waals surface area contributed by atoms with E-state index >= 15 is 0 Å². The lowest BCUT2D eigenvalue weighted by Gasteiger charge is -2.36. The Kier molecular flexibility index (Phi) is 6.71. The van der Waals surface area contributed by atoms with Crippen LogP contribution in [0, 0.1) is 13.8 Å². The minimum absolute atomic E-state index is 0.0615. The Balaban J connectivity index is 1.33. The molecule has 0 spiro atoms. The van der Waals surface area contributed by atoms with Crippen LogP contribution in [0.2, 0.25) is 0 Å². The molecule has 0 saturated carbocycles. The topological polar surface area (TPSA) is 44.8 Å². The number of para-hydroxylation sites is 1. The van der Waals surface area contributed by atoms with E-state index in [1.165, 1.54) is 11.3 Å². The normalized spacial score (nSPS) is 14.8. The van der Waals surface area contributed by atoms with Crippen LogP contribution in [0.1, 0.15) is 11.1 Å². The number of hydrogen-bond donors (Lipinski definition) is 1. The predicted octanol–water partition coefficient (Wildman–Crippen LogP) is 2.62. The van der Waals surface area contributed by atoms with Gasteiger partial charge in [-0.05, 0) is 43.2 Å². The first kappa shape index (κ1) is 19.2. The van der Waals surface area contributed by atoms with Gasteiger partial charge in [-0.1, -0.05) is 30.3 Å². The van der Waals surface area contributed by atoms with Gasteiger partial charge in [-0.15, -0.1) is 0 Å². The van der Waals surface area contributed by atoms with E-state index in [0.717, 1.165) is 44.0 Å². The lowest BCUT2D eigenvalue weighted by atomic mass is 10.2. The number of carbonyl (C=O) groups is 1. The maximum absolute atomic E-state index is 12.0. The third kappa shape index (κ3) is 5.73. The second-order valence-electron chi connectivity index (χ2n) is 7.07. The first-order valence-electron chi connectivity index (χ1n) is 9.61. The van der Waals surface area contributed by atoms with Crippen LogP contribution in [0.4, 0.5) is 5.69 Å². The number of rotatable bonds is 7. The average molecular weight is 367 g/mol. The van der Waals surface area contributed by atoms with Crippen molar-refractivity contribution in [3.05, 3.63) is 59.7 Å². The fraction of sp³-hybridized carbons (Fsp3) is 0.409. The van der Waals surface area contributed by atoms with E-state index in [9.17, 15) is 4.79 Å². The summed E-state index contributed by atoms with van der Waals surface area (Å²) in [6.07, 6.45) is 0. The van der Waals surface area contributed by atoms with Crippen LogP contribution in [0.3, 0.4) is 0 Å². The quantitative estimate of drug-likeness (QED) is 0.817. The van der Waals surface area contributed by atoms with Gasteiger partial charge in [-0.3, -0.25) is 9.69 Å². The summed E-state index contributed by atoms with van der Waals surface area (Å²) in [5, 5.41) is 2.95. The number of hydrogen-bond acceptors (Lipinski definition) is 4. The molecule has 0 atom stereocenters. The SMILES string of the molecule is Cc1cccc(N2CCN(CCNC(=O)COc3ccccc3C)CC2)c1. The fourth-order valence-electron chi connectivity index (χ4n) is 3.32. The van der Waals surface area contributed by atoms with E-state index < -0.39 is 0 Å². The van der Waals surface area contributed by atoms with E-state index in [-0.39, 0.29) is 12.5 Å². The fourth-order valence-corrected chi connectivity index (χ4v) is 3.32. The zero-order valence-corrected chi connectivity index (χ0v) is 16.3. The van der Waals surface area contributed by atoms with Crippen LogP contribution in [-0.4, -0.2) is 56.7 Å². The number of nitrogens with one attached hydrogen (secondary N) is 1. The highest BCUT2D eigenvalue weighted by atomic mass is 16.5. The van der Waals surface area contributed by atoms with Gasteiger partial charge < -0.3 is 15.0 Å². The van der Waals surface area contributed by atoms with Crippen molar-refractivity contribution in [2.45, 2.75) is 13.8 Å². The maximum Gasteiger partial charge on any atom is 0.257 e. The van der Waals surface area contributed by atoms with Gasteiger partial charge in [-0.25, -0.2) is 0 Å². The van der Waals surface area contributed by atoms with Gasteiger partial charge in [0, 0.05) is 45.0 Å². The van der Waals surface area contributed by atoms with Crippen molar-refractivity contribution in [2.75, 3.05) is 50.8 Å². The predicted molar refractivity (Wildman–Crippen MR) is 110 cm³/mol. The highest BCUT2D eigenvalue weighted by Gasteiger charge is 2.17. The van der Waals surface area contributed by atoms with Crippen LogP contribution >= 0.6 is 0 Å². The Morgan fingerprint density at radius 3 is 2.56 bits per heavy atom. The zero-order valence-electron chi connectivity index (χ0n) is 16.3.